The SMILES string of the molecule is O=C(Nc1ccccc1)C1CCc2ccncc2C1=O. The van der Waals surface area contributed by atoms with Crippen LogP contribution < -0.4 is 5.32 Å². The van der Waals surface area contributed by atoms with Crippen LogP contribution in [0.15, 0.2) is 48.8 Å². The number of carbonyl (C=O) groups excluding carboxylic acids is 2. The fraction of sp³-hybridized carbons (Fsp3) is 0.188. The lowest BCUT2D eigenvalue weighted by Gasteiger charge is -2.22. The molecule has 2 aromatic rings. The zero-order valence-corrected chi connectivity index (χ0v) is 10.9. The third kappa shape index (κ3) is 2.32. The van der Waals surface area contributed by atoms with Crippen molar-refractivity contribution >= 4 is 17.4 Å². The molecule has 1 unspecified atom stereocenters. The number of aromatic nitrogens is 1. The van der Waals surface area contributed by atoms with Gasteiger partial charge in [0.25, 0.3) is 0 Å². The van der Waals surface area contributed by atoms with Crippen molar-refractivity contribution in [1.29, 1.82) is 0 Å². The quantitative estimate of drug-likeness (QED) is 0.849. The van der Waals surface area contributed by atoms with Gasteiger partial charge in [0, 0.05) is 23.6 Å². The summed E-state index contributed by atoms with van der Waals surface area (Å²) in [4.78, 5) is 28.6. The molecule has 1 aromatic carbocycles. The molecule has 0 saturated carbocycles. The highest BCUT2D eigenvalue weighted by Crippen LogP contribution is 2.25. The van der Waals surface area contributed by atoms with Crippen LogP contribution in [0.2, 0.25) is 0 Å². The Labute approximate surface area is 116 Å². The number of aryl methyl sites for hydroxylation is 1. The molecule has 100 valence electrons. The lowest BCUT2D eigenvalue weighted by atomic mass is 9.83. The summed E-state index contributed by atoms with van der Waals surface area (Å²) in [5.41, 5.74) is 2.27. The van der Waals surface area contributed by atoms with Gasteiger partial charge in [-0.25, -0.2) is 0 Å². The third-order valence-corrected chi connectivity index (χ3v) is 3.55. The maximum Gasteiger partial charge on any atom is 0.235 e. The molecule has 20 heavy (non-hydrogen) atoms. The minimum Gasteiger partial charge on any atom is -0.325 e. The van der Waals surface area contributed by atoms with Crippen LogP contribution in [0.3, 0.4) is 0 Å². The first-order valence-electron chi connectivity index (χ1n) is 6.59. The van der Waals surface area contributed by atoms with E-state index in [4.69, 9.17) is 0 Å². The zero-order chi connectivity index (χ0) is 13.9. The summed E-state index contributed by atoms with van der Waals surface area (Å²) in [7, 11) is 0. The number of Topliss-reactive ketones (excluding diaryl/α,β-unsaturated/α-hetero) is 1. The monoisotopic (exact) mass is 266 g/mol. The molecule has 4 nitrogen and oxygen atoms in total. The zero-order valence-electron chi connectivity index (χ0n) is 10.9. The number of hydrogen-bond donors (Lipinski definition) is 1. The minimum absolute atomic E-state index is 0.132. The van der Waals surface area contributed by atoms with Gasteiger partial charge in [0.1, 0.15) is 5.92 Å². The second kappa shape index (κ2) is 5.25. The van der Waals surface area contributed by atoms with Gasteiger partial charge in [0.2, 0.25) is 5.91 Å². The average Bonchev–Trinajstić information content (AvgIpc) is 2.49. The molecule has 1 atom stereocenters. The number of pyridine rings is 1. The topological polar surface area (TPSA) is 59.1 Å². The summed E-state index contributed by atoms with van der Waals surface area (Å²) in [5, 5.41) is 2.79. The Morgan fingerprint density at radius 2 is 2.00 bits per heavy atom. The van der Waals surface area contributed by atoms with Gasteiger partial charge >= 0.3 is 0 Å². The first-order chi connectivity index (χ1) is 9.75. The molecule has 1 amide bonds. The number of amides is 1. The summed E-state index contributed by atoms with van der Waals surface area (Å²) in [5.74, 6) is -0.990. The second-order valence-electron chi connectivity index (χ2n) is 4.84. The maximum atomic E-state index is 12.3. The first kappa shape index (κ1) is 12.5. The molecule has 4 heteroatoms. The molecule has 0 aliphatic heterocycles. The molecule has 0 bridgehead atoms. The molecule has 1 aromatic heterocycles. The fourth-order valence-corrected chi connectivity index (χ4v) is 2.48. The van der Waals surface area contributed by atoms with Crippen molar-refractivity contribution in [2.45, 2.75) is 12.8 Å². The average molecular weight is 266 g/mol. The summed E-state index contributed by atoms with van der Waals surface area (Å²) in [6.45, 7) is 0. The van der Waals surface area contributed by atoms with Gasteiger partial charge in [-0.05, 0) is 36.6 Å². The van der Waals surface area contributed by atoms with Crippen LogP contribution in [0.5, 0.6) is 0 Å². The van der Waals surface area contributed by atoms with E-state index in [9.17, 15) is 9.59 Å². The van der Waals surface area contributed by atoms with Crippen LogP contribution in [0, 0.1) is 5.92 Å². The van der Waals surface area contributed by atoms with Gasteiger partial charge in [-0.1, -0.05) is 18.2 Å². The first-order valence-corrected chi connectivity index (χ1v) is 6.59. The number of benzene rings is 1. The van der Waals surface area contributed by atoms with E-state index >= 15 is 0 Å². The second-order valence-corrected chi connectivity index (χ2v) is 4.84. The highest BCUT2D eigenvalue weighted by molar-refractivity contribution is 6.14. The number of hydrogen-bond acceptors (Lipinski definition) is 3. The predicted octanol–water partition coefficient (Wildman–Crippen LogP) is 2.47. The van der Waals surface area contributed by atoms with Crippen LogP contribution >= 0.6 is 0 Å². The van der Waals surface area contributed by atoms with E-state index < -0.39 is 5.92 Å². The maximum absolute atomic E-state index is 12.3. The van der Waals surface area contributed by atoms with Crippen molar-refractivity contribution in [2.24, 2.45) is 5.92 Å². The van der Waals surface area contributed by atoms with Crippen LogP contribution in [-0.4, -0.2) is 16.7 Å². The van der Waals surface area contributed by atoms with E-state index in [0.29, 0.717) is 17.7 Å². The third-order valence-electron chi connectivity index (χ3n) is 3.55. The Bertz CT molecular complexity index is 653. The van der Waals surface area contributed by atoms with E-state index in [0.717, 1.165) is 12.0 Å². The molecule has 0 saturated heterocycles. The van der Waals surface area contributed by atoms with E-state index in [1.807, 2.05) is 24.3 Å². The lowest BCUT2D eigenvalue weighted by molar-refractivity contribution is -0.118. The van der Waals surface area contributed by atoms with Gasteiger partial charge in [-0.2, -0.15) is 0 Å². The van der Waals surface area contributed by atoms with E-state index in [1.165, 1.54) is 0 Å². The fourth-order valence-electron chi connectivity index (χ4n) is 2.48. The molecular formula is C16H14N2O2. The largest absolute Gasteiger partial charge is 0.325 e. The summed E-state index contributed by atoms with van der Waals surface area (Å²) >= 11 is 0. The van der Waals surface area contributed by atoms with Crippen molar-refractivity contribution in [3.05, 3.63) is 59.9 Å². The summed E-state index contributed by atoms with van der Waals surface area (Å²) in [6, 6.07) is 11.0. The smallest absolute Gasteiger partial charge is 0.235 e. The summed E-state index contributed by atoms with van der Waals surface area (Å²) < 4.78 is 0. The van der Waals surface area contributed by atoms with Gasteiger partial charge in [-0.15, -0.1) is 0 Å². The van der Waals surface area contributed by atoms with Crippen molar-refractivity contribution in [3.8, 4) is 0 Å². The van der Waals surface area contributed by atoms with Gasteiger partial charge < -0.3 is 5.32 Å². The molecule has 1 aliphatic carbocycles. The predicted molar refractivity (Wildman–Crippen MR) is 75.5 cm³/mol. The molecule has 1 heterocycles. The van der Waals surface area contributed by atoms with Gasteiger partial charge in [0.05, 0.1) is 0 Å². The lowest BCUT2D eigenvalue weighted by Crippen LogP contribution is -2.33. The van der Waals surface area contributed by atoms with Crippen molar-refractivity contribution in [2.75, 3.05) is 5.32 Å². The Morgan fingerprint density at radius 1 is 1.20 bits per heavy atom. The molecule has 3 rings (SSSR count). The molecule has 0 radical (unpaired) electrons. The van der Waals surface area contributed by atoms with Crippen LogP contribution in [0.1, 0.15) is 22.3 Å². The van der Waals surface area contributed by atoms with Crippen molar-refractivity contribution in [3.63, 3.8) is 0 Å². The number of para-hydroxylation sites is 1. The molecule has 1 N–H and O–H groups in total. The number of carbonyl (C=O) groups is 2. The van der Waals surface area contributed by atoms with Crippen molar-refractivity contribution < 1.29 is 9.59 Å². The highest BCUT2D eigenvalue weighted by Gasteiger charge is 2.32. The summed E-state index contributed by atoms with van der Waals surface area (Å²) in [6.07, 6.45) is 4.51. The standard InChI is InChI=1S/C16H14N2O2/c19-15-13(7-6-11-8-9-17-10-14(11)15)16(20)18-12-4-2-1-3-5-12/h1-5,8-10,13H,6-7H2,(H,18,20). The Morgan fingerprint density at radius 3 is 2.80 bits per heavy atom. The molecule has 0 spiro atoms. The number of anilines is 1. The Hall–Kier alpha value is -2.49. The van der Waals surface area contributed by atoms with E-state index in [-0.39, 0.29) is 11.7 Å². The van der Waals surface area contributed by atoms with Gasteiger partial charge in [0.15, 0.2) is 5.78 Å². The molecule has 1 aliphatic rings. The van der Waals surface area contributed by atoms with Gasteiger partial charge in [-0.3, -0.25) is 14.6 Å². The number of rotatable bonds is 2. The normalized spacial score (nSPS) is 17.4. The molecule has 0 fully saturated rings. The highest BCUT2D eigenvalue weighted by atomic mass is 16.2. The Balaban J connectivity index is 1.79. The minimum atomic E-state index is -0.619. The number of ketones is 1. The number of nitrogens with zero attached hydrogens (tertiary/aromatic N) is 1. The number of fused-ring (bicyclic) bond motifs is 1. The van der Waals surface area contributed by atoms with E-state index in [1.54, 1.807) is 24.5 Å². The van der Waals surface area contributed by atoms with E-state index in [2.05, 4.69) is 10.3 Å². The van der Waals surface area contributed by atoms with Crippen LogP contribution in [0.4, 0.5) is 5.69 Å². The van der Waals surface area contributed by atoms with Crippen molar-refractivity contribution in [1.82, 2.24) is 4.98 Å². The Kier molecular flexibility index (Phi) is 3.29. The van der Waals surface area contributed by atoms with Crippen LogP contribution in [0.25, 0.3) is 0 Å². The van der Waals surface area contributed by atoms with Crippen LogP contribution in [-0.2, 0) is 11.2 Å². The number of nitrogens with one attached hydrogen (secondary N) is 1. The molecular weight excluding hydrogens is 252 g/mol.